The molecule has 0 fully saturated rings. The Morgan fingerprint density at radius 2 is 1.89 bits per heavy atom. The summed E-state index contributed by atoms with van der Waals surface area (Å²) in [6, 6.07) is 11.9. The van der Waals surface area contributed by atoms with Gasteiger partial charge in [-0.15, -0.1) is 10.7 Å². The Kier molecular flexibility index (Phi) is 7.60. The lowest BCUT2D eigenvalue weighted by atomic mass is 10.1. The van der Waals surface area contributed by atoms with Crippen molar-refractivity contribution in [3.8, 4) is 0 Å². The van der Waals surface area contributed by atoms with E-state index in [2.05, 4.69) is 29.9 Å². The zero-order valence-corrected chi connectivity index (χ0v) is 16.9. The van der Waals surface area contributed by atoms with Crippen LogP contribution in [0.25, 0.3) is 5.70 Å². The van der Waals surface area contributed by atoms with Gasteiger partial charge in [0.05, 0.1) is 17.9 Å². The zero-order chi connectivity index (χ0) is 20.8. The molecule has 0 amide bonds. The number of nitrogens with one attached hydrogen (secondary N) is 2. The van der Waals surface area contributed by atoms with Crippen LogP contribution in [0.2, 0.25) is 5.02 Å². The molecule has 0 aliphatic heterocycles. The van der Waals surface area contributed by atoms with Crippen LogP contribution in [0.3, 0.4) is 0 Å². The Labute approximate surface area is 170 Å². The molecule has 1 unspecified atom stereocenters. The van der Waals surface area contributed by atoms with Crippen LogP contribution in [0.4, 0.5) is 18.9 Å². The predicted molar refractivity (Wildman–Crippen MR) is 115 cm³/mol. The Balaban J connectivity index is 2.15. The summed E-state index contributed by atoms with van der Waals surface area (Å²) in [5.41, 5.74) is 6.21. The van der Waals surface area contributed by atoms with E-state index in [4.69, 9.17) is 11.6 Å². The molecule has 2 aromatic rings. The minimum Gasteiger partial charge on any atom is -0.318 e. The molecule has 0 spiro atoms. The van der Waals surface area contributed by atoms with E-state index in [1.54, 1.807) is 24.3 Å². The van der Waals surface area contributed by atoms with E-state index in [1.165, 1.54) is 6.07 Å². The molecule has 3 nitrogen and oxygen atoms in total. The van der Waals surface area contributed by atoms with Crippen LogP contribution >= 0.6 is 22.3 Å². The molecule has 8 heteroatoms. The molecular formula is C20H21ClF3N3S. The van der Waals surface area contributed by atoms with Crippen LogP contribution in [-0.2, 0) is 6.54 Å². The van der Waals surface area contributed by atoms with Gasteiger partial charge in [-0.1, -0.05) is 48.8 Å². The van der Waals surface area contributed by atoms with Crippen molar-refractivity contribution >= 4 is 39.5 Å². The molecule has 0 radical (unpaired) electrons. The van der Waals surface area contributed by atoms with Crippen LogP contribution in [0, 0.1) is 5.82 Å². The van der Waals surface area contributed by atoms with Gasteiger partial charge in [-0.3, -0.25) is 5.43 Å². The molecule has 2 rings (SSSR count). The summed E-state index contributed by atoms with van der Waals surface area (Å²) >= 11 is 6.06. The van der Waals surface area contributed by atoms with Crippen molar-refractivity contribution in [1.29, 1.82) is 0 Å². The molecule has 150 valence electrons. The number of hydrogen-bond acceptors (Lipinski definition) is 3. The molecule has 0 aliphatic carbocycles. The van der Waals surface area contributed by atoms with Gasteiger partial charge in [0.2, 0.25) is 0 Å². The number of halogens is 4. The highest BCUT2D eigenvalue weighted by Crippen LogP contribution is 2.30. The fraction of sp³-hybridized carbons (Fsp3) is 0.150. The molecule has 2 N–H and O–H groups in total. The third-order valence-corrected chi connectivity index (χ3v) is 5.15. The smallest absolute Gasteiger partial charge is 0.279 e. The third kappa shape index (κ3) is 5.81. The van der Waals surface area contributed by atoms with Crippen molar-refractivity contribution in [3.63, 3.8) is 0 Å². The number of nitrogens with zero attached hydrogens (tertiary/aromatic N) is 1. The van der Waals surface area contributed by atoms with E-state index < -0.39 is 28.6 Å². The van der Waals surface area contributed by atoms with E-state index in [0.717, 1.165) is 5.69 Å². The Morgan fingerprint density at radius 3 is 2.46 bits per heavy atom. The lowest BCUT2D eigenvalue weighted by Gasteiger charge is -2.26. The number of anilines is 1. The molecule has 0 aliphatic rings. The van der Waals surface area contributed by atoms with Gasteiger partial charge in [-0.05, 0) is 30.5 Å². The van der Waals surface area contributed by atoms with Gasteiger partial charge < -0.3 is 9.73 Å². The fourth-order valence-corrected chi connectivity index (χ4v) is 3.33. The monoisotopic (exact) mass is 427 g/mol. The Hall–Kier alpha value is -2.38. The number of benzene rings is 2. The number of hydrazine groups is 1. The van der Waals surface area contributed by atoms with Crippen LogP contribution in [0.1, 0.15) is 11.1 Å². The SMILES string of the molecule is C=C(NNC(=C)C(F)F)c1ccc(CN(c2cccc(Cl)c2)S(=C)C)c(F)c1. The summed E-state index contributed by atoms with van der Waals surface area (Å²) in [6.45, 7) is 7.19. The summed E-state index contributed by atoms with van der Waals surface area (Å²) in [5, 5.41) is 0.587. The largest absolute Gasteiger partial charge is 0.318 e. The third-order valence-electron chi connectivity index (χ3n) is 3.83. The van der Waals surface area contributed by atoms with Crippen molar-refractivity contribution in [3.05, 3.63) is 83.3 Å². The molecular weight excluding hydrogens is 407 g/mol. The van der Waals surface area contributed by atoms with E-state index in [1.807, 2.05) is 22.7 Å². The molecule has 1 atom stereocenters. The van der Waals surface area contributed by atoms with Crippen LogP contribution < -0.4 is 15.2 Å². The highest BCUT2D eigenvalue weighted by atomic mass is 35.5. The number of hydrogen-bond donors (Lipinski definition) is 2. The van der Waals surface area contributed by atoms with Crippen molar-refractivity contribution in [2.45, 2.75) is 13.0 Å². The number of rotatable bonds is 9. The fourth-order valence-electron chi connectivity index (χ4n) is 2.31. The van der Waals surface area contributed by atoms with E-state index in [9.17, 15) is 13.2 Å². The van der Waals surface area contributed by atoms with Crippen molar-refractivity contribution in [2.24, 2.45) is 0 Å². The highest BCUT2D eigenvalue weighted by Gasteiger charge is 2.13. The standard InChI is InChI=1S/C20H21ClF3N3S/c1-13(25-26-14(2)20(23)24)15-8-9-16(19(22)10-15)12-27(28(3)4)18-7-5-6-17(21)11-18/h5-11,20,25-26H,1-3,12H2,4H3. The number of alkyl halides is 2. The Bertz CT molecular complexity index is 902. The molecule has 28 heavy (non-hydrogen) atoms. The predicted octanol–water partition coefficient (Wildman–Crippen LogP) is 5.58. The minimum absolute atomic E-state index is 0.242. The normalized spacial score (nSPS) is 11.8. The topological polar surface area (TPSA) is 27.3 Å². The summed E-state index contributed by atoms with van der Waals surface area (Å²) in [5.74, 6) is 3.62. The molecule has 0 aromatic heterocycles. The van der Waals surface area contributed by atoms with Crippen molar-refractivity contribution in [1.82, 2.24) is 10.9 Å². The summed E-state index contributed by atoms with van der Waals surface area (Å²) in [7, 11) is -0.411. The van der Waals surface area contributed by atoms with Crippen LogP contribution in [0.5, 0.6) is 0 Å². The molecule has 0 bridgehead atoms. The van der Waals surface area contributed by atoms with E-state index in [0.29, 0.717) is 22.7 Å². The summed E-state index contributed by atoms with van der Waals surface area (Å²) in [6.07, 6.45) is -0.789. The van der Waals surface area contributed by atoms with Gasteiger partial charge in [0.25, 0.3) is 6.43 Å². The second-order valence-corrected chi connectivity index (χ2v) is 8.06. The molecule has 0 saturated carbocycles. The quantitative estimate of drug-likeness (QED) is 0.404. The lowest BCUT2D eigenvalue weighted by molar-refractivity contribution is 0.179. The van der Waals surface area contributed by atoms with E-state index in [-0.39, 0.29) is 5.70 Å². The zero-order valence-electron chi connectivity index (χ0n) is 15.3. The van der Waals surface area contributed by atoms with Crippen LogP contribution in [-0.4, -0.2) is 18.6 Å². The van der Waals surface area contributed by atoms with E-state index >= 15 is 0 Å². The average Bonchev–Trinajstić information content (AvgIpc) is 2.64. The van der Waals surface area contributed by atoms with Gasteiger partial charge in [-0.2, -0.15) is 0 Å². The summed E-state index contributed by atoms with van der Waals surface area (Å²) in [4.78, 5) is 0. The highest BCUT2D eigenvalue weighted by molar-refractivity contribution is 8.14. The molecule has 2 aromatic carbocycles. The average molecular weight is 428 g/mol. The molecule has 0 saturated heterocycles. The van der Waals surface area contributed by atoms with Gasteiger partial charge in [0.1, 0.15) is 5.82 Å². The number of allylic oxidation sites excluding steroid dienone is 1. The first-order chi connectivity index (χ1) is 13.2. The molecule has 0 heterocycles. The lowest BCUT2D eigenvalue weighted by Crippen LogP contribution is -2.31. The van der Waals surface area contributed by atoms with Crippen LogP contribution in [0.15, 0.2) is 61.3 Å². The maximum absolute atomic E-state index is 14.7. The second kappa shape index (κ2) is 9.71. The first-order valence-electron chi connectivity index (χ1n) is 8.14. The van der Waals surface area contributed by atoms with Gasteiger partial charge in [-0.25, -0.2) is 13.2 Å². The maximum Gasteiger partial charge on any atom is 0.279 e. The van der Waals surface area contributed by atoms with Crippen molar-refractivity contribution in [2.75, 3.05) is 10.6 Å². The first-order valence-corrected chi connectivity index (χ1v) is 10.3. The minimum atomic E-state index is -2.72. The van der Waals surface area contributed by atoms with Gasteiger partial charge in [0.15, 0.2) is 0 Å². The maximum atomic E-state index is 14.7. The summed E-state index contributed by atoms with van der Waals surface area (Å²) < 4.78 is 41.5. The van der Waals surface area contributed by atoms with Gasteiger partial charge in [0, 0.05) is 21.8 Å². The Morgan fingerprint density at radius 1 is 1.18 bits per heavy atom. The van der Waals surface area contributed by atoms with Crippen molar-refractivity contribution < 1.29 is 13.2 Å². The second-order valence-electron chi connectivity index (χ2n) is 5.98. The van der Waals surface area contributed by atoms with Gasteiger partial charge >= 0.3 is 0 Å². The first kappa shape index (κ1) is 21.9.